The number of rotatable bonds is 0. The summed E-state index contributed by atoms with van der Waals surface area (Å²) in [5.41, 5.74) is 3.59. The summed E-state index contributed by atoms with van der Waals surface area (Å²) < 4.78 is 0. The molecule has 0 atom stereocenters. The highest BCUT2D eigenvalue weighted by Crippen LogP contribution is 2.52. The van der Waals surface area contributed by atoms with E-state index in [1.165, 1.54) is 0 Å². The van der Waals surface area contributed by atoms with Crippen molar-refractivity contribution in [3.63, 3.8) is 0 Å². The first-order valence-corrected chi connectivity index (χ1v) is 6.28. The summed E-state index contributed by atoms with van der Waals surface area (Å²) in [6.45, 7) is 1.97. The molecule has 4 rings (SSSR count). The number of amides is 1. The number of aryl methyl sites for hydroxylation is 1. The third-order valence-corrected chi connectivity index (χ3v) is 4.26. The first-order valence-electron chi connectivity index (χ1n) is 6.28. The second-order valence-corrected chi connectivity index (χ2v) is 5.28. The van der Waals surface area contributed by atoms with Gasteiger partial charge in [0.15, 0.2) is 0 Å². The molecule has 1 spiro atoms. The average molecular weight is 239 g/mol. The fourth-order valence-electron chi connectivity index (χ4n) is 3.17. The van der Waals surface area contributed by atoms with E-state index in [1.807, 2.05) is 13.0 Å². The van der Waals surface area contributed by atoms with Gasteiger partial charge in [-0.2, -0.15) is 0 Å². The molecule has 1 aliphatic carbocycles. The molecule has 0 aromatic carbocycles. The monoisotopic (exact) mass is 239 g/mol. The molecule has 1 saturated carbocycles. The Morgan fingerprint density at radius 1 is 1.28 bits per heavy atom. The minimum atomic E-state index is -0.287. The molecule has 2 aromatic rings. The van der Waals surface area contributed by atoms with Crippen LogP contribution in [-0.4, -0.2) is 15.9 Å². The maximum Gasteiger partial charge on any atom is 0.235 e. The number of fused-ring (bicyclic) bond motifs is 4. The second kappa shape index (κ2) is 3.07. The van der Waals surface area contributed by atoms with Gasteiger partial charge in [-0.3, -0.25) is 14.8 Å². The van der Waals surface area contributed by atoms with Crippen molar-refractivity contribution in [2.75, 3.05) is 5.32 Å². The van der Waals surface area contributed by atoms with Crippen LogP contribution in [0.3, 0.4) is 0 Å². The molecule has 1 aliphatic heterocycles. The number of aromatic nitrogens is 2. The quantitative estimate of drug-likeness (QED) is 0.767. The number of anilines is 1. The van der Waals surface area contributed by atoms with Crippen molar-refractivity contribution >= 4 is 22.5 Å². The number of hydrogen-bond acceptors (Lipinski definition) is 3. The van der Waals surface area contributed by atoms with E-state index in [0.29, 0.717) is 0 Å². The zero-order chi connectivity index (χ0) is 12.3. The van der Waals surface area contributed by atoms with E-state index < -0.39 is 0 Å². The van der Waals surface area contributed by atoms with Crippen LogP contribution in [0, 0.1) is 6.92 Å². The predicted molar refractivity (Wildman–Crippen MR) is 68.4 cm³/mol. The summed E-state index contributed by atoms with van der Waals surface area (Å²) in [6, 6.07) is 2.04. The van der Waals surface area contributed by atoms with E-state index in [1.54, 1.807) is 12.4 Å². The van der Waals surface area contributed by atoms with Crippen LogP contribution in [0.5, 0.6) is 0 Å². The summed E-state index contributed by atoms with van der Waals surface area (Å²) >= 11 is 0. The third-order valence-electron chi connectivity index (χ3n) is 4.26. The lowest BCUT2D eigenvalue weighted by Crippen LogP contribution is -2.41. The SMILES string of the molecule is Cc1cc2c3c(cnc2cn1)NC(=O)C31CCC1. The van der Waals surface area contributed by atoms with Gasteiger partial charge in [0.2, 0.25) is 5.91 Å². The molecule has 4 heteroatoms. The number of pyridine rings is 2. The van der Waals surface area contributed by atoms with Crippen molar-refractivity contribution in [3.05, 3.63) is 29.7 Å². The molecule has 90 valence electrons. The van der Waals surface area contributed by atoms with E-state index in [0.717, 1.165) is 47.1 Å². The lowest BCUT2D eigenvalue weighted by Gasteiger charge is -2.36. The van der Waals surface area contributed by atoms with Crippen LogP contribution in [0.2, 0.25) is 0 Å². The Balaban J connectivity index is 2.11. The van der Waals surface area contributed by atoms with Crippen molar-refractivity contribution in [3.8, 4) is 0 Å². The molecule has 4 nitrogen and oxygen atoms in total. The molecule has 0 bridgehead atoms. The summed E-state index contributed by atoms with van der Waals surface area (Å²) in [6.07, 6.45) is 6.58. The fourth-order valence-corrected chi connectivity index (χ4v) is 3.17. The minimum absolute atomic E-state index is 0.146. The minimum Gasteiger partial charge on any atom is -0.324 e. The van der Waals surface area contributed by atoms with Crippen LogP contribution in [0.1, 0.15) is 30.5 Å². The molecular weight excluding hydrogens is 226 g/mol. The van der Waals surface area contributed by atoms with E-state index in [9.17, 15) is 4.79 Å². The van der Waals surface area contributed by atoms with Crippen LogP contribution in [0.25, 0.3) is 10.9 Å². The molecule has 0 unspecified atom stereocenters. The van der Waals surface area contributed by atoms with Gasteiger partial charge in [-0.25, -0.2) is 0 Å². The highest BCUT2D eigenvalue weighted by molar-refractivity contribution is 6.11. The van der Waals surface area contributed by atoms with Crippen molar-refractivity contribution < 1.29 is 4.79 Å². The zero-order valence-electron chi connectivity index (χ0n) is 10.2. The molecule has 0 saturated heterocycles. The number of nitrogens with one attached hydrogen (secondary N) is 1. The first-order chi connectivity index (χ1) is 8.71. The van der Waals surface area contributed by atoms with Gasteiger partial charge in [0.1, 0.15) is 0 Å². The van der Waals surface area contributed by atoms with Crippen molar-refractivity contribution in [1.29, 1.82) is 0 Å². The number of carbonyl (C=O) groups is 1. The van der Waals surface area contributed by atoms with Crippen LogP contribution >= 0.6 is 0 Å². The lowest BCUT2D eigenvalue weighted by atomic mass is 9.64. The van der Waals surface area contributed by atoms with E-state index in [-0.39, 0.29) is 11.3 Å². The van der Waals surface area contributed by atoms with Gasteiger partial charge < -0.3 is 5.32 Å². The molecule has 0 radical (unpaired) electrons. The van der Waals surface area contributed by atoms with Gasteiger partial charge in [0, 0.05) is 16.6 Å². The maximum absolute atomic E-state index is 12.2. The first kappa shape index (κ1) is 10.00. The van der Waals surface area contributed by atoms with Gasteiger partial charge >= 0.3 is 0 Å². The number of nitrogens with zero attached hydrogens (tertiary/aromatic N) is 2. The van der Waals surface area contributed by atoms with Gasteiger partial charge in [-0.15, -0.1) is 0 Å². The largest absolute Gasteiger partial charge is 0.324 e. The van der Waals surface area contributed by atoms with Crippen LogP contribution in [0.15, 0.2) is 18.5 Å². The smallest absolute Gasteiger partial charge is 0.235 e. The van der Waals surface area contributed by atoms with E-state index >= 15 is 0 Å². The summed E-state index contributed by atoms with van der Waals surface area (Å²) in [5, 5.41) is 4.06. The summed E-state index contributed by atoms with van der Waals surface area (Å²) in [5.74, 6) is 0.146. The second-order valence-electron chi connectivity index (χ2n) is 5.28. The molecule has 1 amide bonds. The van der Waals surface area contributed by atoms with Gasteiger partial charge in [-0.1, -0.05) is 6.42 Å². The van der Waals surface area contributed by atoms with Crippen LogP contribution in [0.4, 0.5) is 5.69 Å². The maximum atomic E-state index is 12.2. The van der Waals surface area contributed by atoms with Gasteiger partial charge in [-0.05, 0) is 25.8 Å². The van der Waals surface area contributed by atoms with E-state index in [4.69, 9.17) is 0 Å². The molecule has 1 fully saturated rings. The lowest BCUT2D eigenvalue weighted by molar-refractivity contribution is -0.123. The Hall–Kier alpha value is -1.97. The normalized spacial score (nSPS) is 19.7. The molecular formula is C14H13N3O. The van der Waals surface area contributed by atoms with Crippen molar-refractivity contribution in [2.24, 2.45) is 0 Å². The number of hydrogen-bond donors (Lipinski definition) is 1. The van der Waals surface area contributed by atoms with Crippen molar-refractivity contribution in [1.82, 2.24) is 9.97 Å². The van der Waals surface area contributed by atoms with Gasteiger partial charge in [0.05, 0.1) is 29.0 Å². The summed E-state index contributed by atoms with van der Waals surface area (Å²) in [4.78, 5) is 20.9. The Morgan fingerprint density at radius 3 is 2.83 bits per heavy atom. The van der Waals surface area contributed by atoms with E-state index in [2.05, 4.69) is 15.3 Å². The standard InChI is InChI=1S/C14H13N3O/c1-8-5-9-10(6-15-8)16-7-11-12(9)14(3-2-4-14)13(18)17-11/h5-7H,2-4H2,1H3,(H,17,18). The highest BCUT2D eigenvalue weighted by Gasteiger charge is 2.52. The van der Waals surface area contributed by atoms with Crippen LogP contribution < -0.4 is 5.32 Å². The zero-order valence-corrected chi connectivity index (χ0v) is 10.2. The van der Waals surface area contributed by atoms with Crippen LogP contribution in [-0.2, 0) is 10.2 Å². The Morgan fingerprint density at radius 2 is 2.11 bits per heavy atom. The topological polar surface area (TPSA) is 54.9 Å². The molecule has 3 heterocycles. The third kappa shape index (κ3) is 1.03. The summed E-state index contributed by atoms with van der Waals surface area (Å²) in [7, 11) is 0. The molecule has 18 heavy (non-hydrogen) atoms. The predicted octanol–water partition coefficient (Wildman–Crippen LogP) is 2.31. The van der Waals surface area contributed by atoms with Gasteiger partial charge in [0.25, 0.3) is 0 Å². The Kier molecular flexibility index (Phi) is 1.71. The molecule has 1 N–H and O–H groups in total. The van der Waals surface area contributed by atoms with Crippen molar-refractivity contribution in [2.45, 2.75) is 31.6 Å². The molecule has 2 aliphatic rings. The Bertz CT molecular complexity index is 689. The fraction of sp³-hybridized carbons (Fsp3) is 0.357. The molecule has 2 aromatic heterocycles. The number of carbonyl (C=O) groups excluding carboxylic acids is 1. The highest BCUT2D eigenvalue weighted by atomic mass is 16.2. The Labute approximate surface area is 104 Å². The average Bonchev–Trinajstić information content (AvgIpc) is 2.61.